The average molecular weight is 290 g/mol. The molecule has 1 heterocycles. The number of carbonyl (C=O) groups is 2. The van der Waals surface area contributed by atoms with E-state index in [4.69, 9.17) is 0 Å². The van der Waals surface area contributed by atoms with Crippen LogP contribution in [0.25, 0.3) is 0 Å². The first kappa shape index (κ1) is 17.0. The van der Waals surface area contributed by atoms with E-state index in [2.05, 4.69) is 10.6 Å². The summed E-state index contributed by atoms with van der Waals surface area (Å²) in [6.45, 7) is -1.09. The molecule has 1 aliphatic rings. The van der Waals surface area contributed by atoms with Crippen LogP contribution < -0.4 is 16.0 Å². The van der Waals surface area contributed by atoms with Crippen LogP contribution in [0.1, 0.15) is 12.8 Å². The number of halogens is 4. The SMILES string of the molecule is Cl.O=C(CNC(=O)C1CCCN1)NCC(F)(F)F. The first-order valence-corrected chi connectivity index (χ1v) is 5.23. The van der Waals surface area contributed by atoms with Crippen molar-refractivity contribution >= 4 is 24.2 Å². The van der Waals surface area contributed by atoms with Gasteiger partial charge < -0.3 is 16.0 Å². The Morgan fingerprint density at radius 2 is 1.94 bits per heavy atom. The van der Waals surface area contributed by atoms with E-state index in [1.807, 2.05) is 0 Å². The Morgan fingerprint density at radius 1 is 1.28 bits per heavy atom. The fourth-order valence-electron chi connectivity index (χ4n) is 1.46. The van der Waals surface area contributed by atoms with Crippen molar-refractivity contribution in [2.75, 3.05) is 19.6 Å². The second-order valence-electron chi connectivity index (χ2n) is 3.76. The minimum Gasteiger partial charge on any atom is -0.346 e. The molecule has 0 radical (unpaired) electrons. The number of rotatable bonds is 4. The zero-order valence-corrected chi connectivity index (χ0v) is 10.3. The molecular formula is C9H15ClF3N3O2. The summed E-state index contributed by atoms with van der Waals surface area (Å²) in [5.41, 5.74) is 0. The van der Waals surface area contributed by atoms with E-state index in [0.29, 0.717) is 6.42 Å². The van der Waals surface area contributed by atoms with Crippen LogP contribution in [0.2, 0.25) is 0 Å². The summed E-state index contributed by atoms with van der Waals surface area (Å²) in [5.74, 6) is -1.21. The van der Waals surface area contributed by atoms with Crippen LogP contribution in [0.15, 0.2) is 0 Å². The Kier molecular flexibility index (Phi) is 7.00. The van der Waals surface area contributed by atoms with Gasteiger partial charge in [-0.25, -0.2) is 0 Å². The zero-order valence-electron chi connectivity index (χ0n) is 9.47. The van der Waals surface area contributed by atoms with E-state index in [9.17, 15) is 22.8 Å². The smallest absolute Gasteiger partial charge is 0.346 e. The maximum atomic E-state index is 11.7. The van der Waals surface area contributed by atoms with E-state index in [0.717, 1.165) is 13.0 Å². The molecule has 1 aliphatic heterocycles. The molecule has 5 nitrogen and oxygen atoms in total. The standard InChI is InChI=1S/C9H14F3N3O2.ClH/c10-9(11,12)5-15-7(16)4-14-8(17)6-2-1-3-13-6;/h6,13H,1-5H2,(H,14,17)(H,15,16);1H. The van der Waals surface area contributed by atoms with Gasteiger partial charge in [0.05, 0.1) is 12.6 Å². The molecule has 18 heavy (non-hydrogen) atoms. The fraction of sp³-hybridized carbons (Fsp3) is 0.778. The van der Waals surface area contributed by atoms with Crippen molar-refractivity contribution in [1.29, 1.82) is 0 Å². The van der Waals surface area contributed by atoms with Crippen molar-refractivity contribution in [2.24, 2.45) is 0 Å². The normalized spacial score (nSPS) is 18.9. The number of nitrogens with one attached hydrogen (secondary N) is 3. The number of carbonyl (C=O) groups excluding carboxylic acids is 2. The lowest BCUT2D eigenvalue weighted by molar-refractivity contribution is -0.138. The van der Waals surface area contributed by atoms with E-state index < -0.39 is 25.2 Å². The predicted molar refractivity (Wildman–Crippen MR) is 60.3 cm³/mol. The second-order valence-corrected chi connectivity index (χ2v) is 3.76. The van der Waals surface area contributed by atoms with Gasteiger partial charge in [0, 0.05) is 0 Å². The highest BCUT2D eigenvalue weighted by molar-refractivity contribution is 5.87. The van der Waals surface area contributed by atoms with E-state index in [-0.39, 0.29) is 24.4 Å². The van der Waals surface area contributed by atoms with Crippen LogP contribution in [0.3, 0.4) is 0 Å². The molecule has 0 bridgehead atoms. The Morgan fingerprint density at radius 3 is 2.44 bits per heavy atom. The fourth-order valence-corrected chi connectivity index (χ4v) is 1.46. The first-order chi connectivity index (χ1) is 7.88. The van der Waals surface area contributed by atoms with Crippen molar-refractivity contribution < 1.29 is 22.8 Å². The Balaban J connectivity index is 0.00000289. The quantitative estimate of drug-likeness (QED) is 0.680. The molecule has 0 saturated carbocycles. The third kappa shape index (κ3) is 6.65. The Hall–Kier alpha value is -1.02. The molecule has 1 atom stereocenters. The molecule has 0 aliphatic carbocycles. The van der Waals surface area contributed by atoms with Crippen molar-refractivity contribution in [1.82, 2.24) is 16.0 Å². The molecule has 1 fully saturated rings. The summed E-state index contributed by atoms with van der Waals surface area (Å²) < 4.78 is 35.2. The largest absolute Gasteiger partial charge is 0.405 e. The van der Waals surface area contributed by atoms with Crippen LogP contribution in [-0.4, -0.2) is 43.7 Å². The van der Waals surface area contributed by atoms with Crippen molar-refractivity contribution in [3.63, 3.8) is 0 Å². The number of hydrogen-bond acceptors (Lipinski definition) is 3. The van der Waals surface area contributed by atoms with Crippen LogP contribution in [0.5, 0.6) is 0 Å². The summed E-state index contributed by atoms with van der Waals surface area (Å²) >= 11 is 0. The third-order valence-electron chi connectivity index (χ3n) is 2.29. The molecular weight excluding hydrogens is 275 g/mol. The number of hydrogen-bond donors (Lipinski definition) is 3. The van der Waals surface area contributed by atoms with Crippen molar-refractivity contribution in [3.05, 3.63) is 0 Å². The average Bonchev–Trinajstić information content (AvgIpc) is 2.75. The summed E-state index contributed by atoms with van der Waals surface area (Å²) in [5, 5.41) is 6.86. The topological polar surface area (TPSA) is 70.2 Å². The minimum atomic E-state index is -4.44. The Bertz CT molecular complexity index is 293. The van der Waals surface area contributed by atoms with E-state index in [1.165, 1.54) is 0 Å². The predicted octanol–water partition coefficient (Wildman–Crippen LogP) is -0.0451. The van der Waals surface area contributed by atoms with Gasteiger partial charge in [-0.15, -0.1) is 12.4 Å². The molecule has 9 heteroatoms. The monoisotopic (exact) mass is 289 g/mol. The lowest BCUT2D eigenvalue weighted by Gasteiger charge is -2.11. The van der Waals surface area contributed by atoms with Crippen LogP contribution in [-0.2, 0) is 9.59 Å². The summed E-state index contributed by atoms with van der Waals surface area (Å²) in [6.07, 6.45) is -2.89. The lowest BCUT2D eigenvalue weighted by Crippen LogP contribution is -2.46. The zero-order chi connectivity index (χ0) is 12.9. The number of alkyl halides is 3. The number of amides is 2. The van der Waals surface area contributed by atoms with Gasteiger partial charge in [-0.3, -0.25) is 9.59 Å². The van der Waals surface area contributed by atoms with Crippen molar-refractivity contribution in [2.45, 2.75) is 25.1 Å². The minimum absolute atomic E-state index is 0. The molecule has 2 amide bonds. The highest BCUT2D eigenvalue weighted by atomic mass is 35.5. The van der Waals surface area contributed by atoms with E-state index in [1.54, 1.807) is 5.32 Å². The van der Waals surface area contributed by atoms with Gasteiger partial charge in [-0.2, -0.15) is 13.2 Å². The maximum absolute atomic E-state index is 11.7. The van der Waals surface area contributed by atoms with Gasteiger partial charge in [0.2, 0.25) is 11.8 Å². The molecule has 1 saturated heterocycles. The summed E-state index contributed by atoms with van der Waals surface area (Å²) in [4.78, 5) is 22.3. The van der Waals surface area contributed by atoms with Gasteiger partial charge in [-0.05, 0) is 19.4 Å². The highest BCUT2D eigenvalue weighted by Crippen LogP contribution is 2.11. The lowest BCUT2D eigenvalue weighted by atomic mass is 10.2. The van der Waals surface area contributed by atoms with Gasteiger partial charge >= 0.3 is 6.18 Å². The Labute approximate surface area is 108 Å². The molecule has 0 spiro atoms. The van der Waals surface area contributed by atoms with Crippen LogP contribution >= 0.6 is 12.4 Å². The molecule has 106 valence electrons. The molecule has 1 rings (SSSR count). The summed E-state index contributed by atoms with van der Waals surface area (Å²) in [7, 11) is 0. The molecule has 0 aromatic rings. The molecule has 0 aromatic carbocycles. The van der Waals surface area contributed by atoms with E-state index >= 15 is 0 Å². The third-order valence-corrected chi connectivity index (χ3v) is 2.29. The van der Waals surface area contributed by atoms with Gasteiger partial charge in [0.15, 0.2) is 0 Å². The molecule has 1 unspecified atom stereocenters. The van der Waals surface area contributed by atoms with Gasteiger partial charge in [0.25, 0.3) is 0 Å². The second kappa shape index (κ2) is 7.42. The maximum Gasteiger partial charge on any atom is 0.405 e. The van der Waals surface area contributed by atoms with Gasteiger partial charge in [-0.1, -0.05) is 0 Å². The van der Waals surface area contributed by atoms with Gasteiger partial charge in [0.1, 0.15) is 6.54 Å². The van der Waals surface area contributed by atoms with Crippen LogP contribution in [0.4, 0.5) is 13.2 Å². The first-order valence-electron chi connectivity index (χ1n) is 5.23. The van der Waals surface area contributed by atoms with Crippen LogP contribution in [0, 0.1) is 0 Å². The van der Waals surface area contributed by atoms with Crippen molar-refractivity contribution in [3.8, 4) is 0 Å². The summed E-state index contributed by atoms with van der Waals surface area (Å²) in [6, 6.07) is -0.342. The molecule has 3 N–H and O–H groups in total. The molecule has 0 aromatic heterocycles. The highest BCUT2D eigenvalue weighted by Gasteiger charge is 2.28.